The molecule has 0 aliphatic carbocycles. The summed E-state index contributed by atoms with van der Waals surface area (Å²) in [4.78, 5) is 17.2. The van der Waals surface area contributed by atoms with Crippen molar-refractivity contribution in [2.75, 3.05) is 11.9 Å². The van der Waals surface area contributed by atoms with Crippen molar-refractivity contribution in [3.05, 3.63) is 47.1 Å². The number of rotatable bonds is 5. The van der Waals surface area contributed by atoms with Gasteiger partial charge >= 0.3 is 0 Å². The number of carbonyl (C=O) groups is 1. The molecule has 1 aliphatic rings. The zero-order valence-corrected chi connectivity index (χ0v) is 17.0. The molecule has 1 atom stereocenters. The van der Waals surface area contributed by atoms with Gasteiger partial charge in [0.25, 0.3) is 5.91 Å². The minimum Gasteiger partial charge on any atom is -0.485 e. The van der Waals surface area contributed by atoms with Crippen LogP contribution in [0.1, 0.15) is 24.7 Å². The van der Waals surface area contributed by atoms with Crippen molar-refractivity contribution < 1.29 is 14.3 Å². The van der Waals surface area contributed by atoms with Crippen molar-refractivity contribution in [3.63, 3.8) is 0 Å². The molecule has 1 amide bonds. The molecule has 1 N–H and O–H groups in total. The monoisotopic (exact) mass is 397 g/mol. The number of anilines is 1. The lowest BCUT2D eigenvalue weighted by molar-refractivity contribution is -0.125. The highest BCUT2D eigenvalue weighted by Crippen LogP contribution is 2.32. The fourth-order valence-electron chi connectivity index (χ4n) is 3.42. The Labute approximate surface area is 168 Å². The summed E-state index contributed by atoms with van der Waals surface area (Å²) in [7, 11) is 0. The van der Waals surface area contributed by atoms with Gasteiger partial charge in [0.05, 0.1) is 5.69 Å². The molecule has 0 saturated heterocycles. The Balaban J connectivity index is 1.47. The molecular formula is C21H23N3O3S. The van der Waals surface area contributed by atoms with E-state index >= 15 is 0 Å². The predicted molar refractivity (Wildman–Crippen MR) is 110 cm³/mol. The third-order valence-corrected chi connectivity index (χ3v) is 5.59. The van der Waals surface area contributed by atoms with Gasteiger partial charge in [0, 0.05) is 28.9 Å². The molecule has 0 fully saturated rings. The van der Waals surface area contributed by atoms with E-state index in [-0.39, 0.29) is 12.5 Å². The van der Waals surface area contributed by atoms with Crippen LogP contribution in [0.2, 0.25) is 0 Å². The van der Waals surface area contributed by atoms with Gasteiger partial charge in [-0.15, -0.1) is 11.3 Å². The maximum absolute atomic E-state index is 12.6. The Morgan fingerprint density at radius 1 is 1.32 bits per heavy atom. The Kier molecular flexibility index (Phi) is 5.09. The van der Waals surface area contributed by atoms with E-state index in [2.05, 4.69) is 41.7 Å². The van der Waals surface area contributed by atoms with Crippen LogP contribution in [-0.2, 0) is 11.3 Å². The van der Waals surface area contributed by atoms with Gasteiger partial charge in [-0.3, -0.25) is 10.1 Å². The predicted octanol–water partition coefficient (Wildman–Crippen LogP) is 4.42. The van der Waals surface area contributed by atoms with Crippen molar-refractivity contribution in [2.24, 2.45) is 0 Å². The van der Waals surface area contributed by atoms with Gasteiger partial charge in [-0.2, -0.15) is 0 Å². The summed E-state index contributed by atoms with van der Waals surface area (Å²) in [6, 6.07) is 9.50. The van der Waals surface area contributed by atoms with Gasteiger partial charge in [0.1, 0.15) is 6.61 Å². The summed E-state index contributed by atoms with van der Waals surface area (Å²) in [5.74, 6) is 0.981. The maximum atomic E-state index is 12.6. The lowest BCUT2D eigenvalue weighted by Gasteiger charge is -2.25. The second kappa shape index (κ2) is 7.67. The molecule has 3 heterocycles. The molecule has 4 rings (SSSR count). The molecule has 1 aromatic carbocycles. The van der Waals surface area contributed by atoms with Gasteiger partial charge in [0.2, 0.25) is 6.10 Å². The molecule has 0 unspecified atom stereocenters. The van der Waals surface area contributed by atoms with E-state index in [9.17, 15) is 4.79 Å². The number of para-hydroxylation sites is 2. The van der Waals surface area contributed by atoms with Crippen molar-refractivity contribution in [1.29, 1.82) is 0 Å². The number of benzene rings is 1. The van der Waals surface area contributed by atoms with Crippen LogP contribution in [0.4, 0.5) is 5.13 Å². The van der Waals surface area contributed by atoms with Crippen molar-refractivity contribution in [3.8, 4) is 22.8 Å². The molecule has 0 saturated carbocycles. The maximum Gasteiger partial charge on any atom is 0.270 e. The van der Waals surface area contributed by atoms with E-state index in [0.29, 0.717) is 16.6 Å². The number of hydrogen-bond acceptors (Lipinski definition) is 5. The second-order valence-corrected chi connectivity index (χ2v) is 7.69. The second-order valence-electron chi connectivity index (χ2n) is 6.83. The van der Waals surface area contributed by atoms with Gasteiger partial charge in [-0.25, -0.2) is 4.98 Å². The Bertz CT molecular complexity index is 1010. The highest BCUT2D eigenvalue weighted by Gasteiger charge is 2.28. The van der Waals surface area contributed by atoms with Gasteiger partial charge in [-0.05, 0) is 38.5 Å². The molecule has 28 heavy (non-hydrogen) atoms. The zero-order chi connectivity index (χ0) is 19.7. The summed E-state index contributed by atoms with van der Waals surface area (Å²) >= 11 is 1.41. The molecule has 2 aromatic heterocycles. The molecular weight excluding hydrogens is 374 g/mol. The number of nitrogens with zero attached hydrogens (tertiary/aromatic N) is 2. The molecule has 146 valence electrons. The van der Waals surface area contributed by atoms with Crippen LogP contribution in [-0.4, -0.2) is 28.2 Å². The minimum atomic E-state index is -0.697. The molecule has 0 bridgehead atoms. The van der Waals surface area contributed by atoms with Crippen molar-refractivity contribution in [1.82, 2.24) is 9.55 Å². The van der Waals surface area contributed by atoms with Crippen LogP contribution in [0.5, 0.6) is 11.5 Å². The molecule has 1 aliphatic heterocycles. The van der Waals surface area contributed by atoms with Gasteiger partial charge < -0.3 is 14.0 Å². The highest BCUT2D eigenvalue weighted by molar-refractivity contribution is 7.14. The summed E-state index contributed by atoms with van der Waals surface area (Å²) in [6.45, 7) is 7.56. The van der Waals surface area contributed by atoms with E-state index < -0.39 is 6.10 Å². The van der Waals surface area contributed by atoms with E-state index in [0.717, 1.165) is 24.2 Å². The normalized spacial score (nSPS) is 15.5. The molecule has 0 spiro atoms. The highest BCUT2D eigenvalue weighted by atomic mass is 32.1. The average molecular weight is 398 g/mol. The lowest BCUT2D eigenvalue weighted by atomic mass is 10.2. The van der Waals surface area contributed by atoms with Crippen LogP contribution in [0.25, 0.3) is 11.3 Å². The Hall–Kier alpha value is -2.80. The lowest BCUT2D eigenvalue weighted by Crippen LogP contribution is -2.40. The number of fused-ring (bicyclic) bond motifs is 1. The first-order valence-electron chi connectivity index (χ1n) is 9.38. The molecule has 7 heteroatoms. The van der Waals surface area contributed by atoms with Gasteiger partial charge in [0.15, 0.2) is 16.6 Å². The quantitative estimate of drug-likeness (QED) is 0.692. The fraction of sp³-hybridized carbons (Fsp3) is 0.333. The summed E-state index contributed by atoms with van der Waals surface area (Å²) < 4.78 is 13.7. The third kappa shape index (κ3) is 3.49. The number of thiazole rings is 1. The third-order valence-electron chi connectivity index (χ3n) is 4.83. The van der Waals surface area contributed by atoms with Gasteiger partial charge in [-0.1, -0.05) is 19.1 Å². The van der Waals surface area contributed by atoms with E-state index in [1.165, 1.54) is 22.7 Å². The average Bonchev–Trinajstić information content (AvgIpc) is 3.27. The Morgan fingerprint density at radius 3 is 2.89 bits per heavy atom. The van der Waals surface area contributed by atoms with E-state index in [4.69, 9.17) is 9.47 Å². The minimum absolute atomic E-state index is 0.180. The van der Waals surface area contributed by atoms with Crippen LogP contribution in [0.15, 0.2) is 35.7 Å². The topological polar surface area (TPSA) is 65.4 Å². The van der Waals surface area contributed by atoms with E-state index in [1.54, 1.807) is 6.07 Å². The standard InChI is InChI=1S/C21H23N3O3S/c1-4-9-24-13(2)10-15(14(24)3)16-12-28-21(22-16)23-20(25)19-11-26-17-7-5-6-8-18(17)27-19/h5-8,10,12,19H,4,9,11H2,1-3H3,(H,22,23,25)/t19-/m1/s1. The number of aryl methyl sites for hydroxylation is 1. The van der Waals surface area contributed by atoms with Crippen LogP contribution >= 0.6 is 11.3 Å². The summed E-state index contributed by atoms with van der Waals surface area (Å²) in [5, 5.41) is 5.39. The summed E-state index contributed by atoms with van der Waals surface area (Å²) in [6.07, 6.45) is 0.387. The van der Waals surface area contributed by atoms with Crippen molar-refractivity contribution in [2.45, 2.75) is 39.8 Å². The van der Waals surface area contributed by atoms with Crippen LogP contribution in [0.3, 0.4) is 0 Å². The number of carbonyl (C=O) groups excluding carboxylic acids is 1. The zero-order valence-electron chi connectivity index (χ0n) is 16.2. The van der Waals surface area contributed by atoms with Crippen LogP contribution in [0, 0.1) is 13.8 Å². The van der Waals surface area contributed by atoms with E-state index in [1.807, 2.05) is 23.6 Å². The first-order chi connectivity index (χ1) is 13.6. The number of nitrogens with one attached hydrogen (secondary N) is 1. The molecule has 3 aromatic rings. The molecule has 6 nitrogen and oxygen atoms in total. The summed E-state index contributed by atoms with van der Waals surface area (Å²) in [5.41, 5.74) is 4.40. The van der Waals surface area contributed by atoms with Crippen LogP contribution < -0.4 is 14.8 Å². The number of amides is 1. The molecule has 0 radical (unpaired) electrons. The Morgan fingerprint density at radius 2 is 2.11 bits per heavy atom. The first kappa shape index (κ1) is 18.6. The number of aromatic nitrogens is 2. The smallest absolute Gasteiger partial charge is 0.270 e. The van der Waals surface area contributed by atoms with Crippen molar-refractivity contribution >= 4 is 22.4 Å². The SMILES string of the molecule is CCCn1c(C)cc(-c2csc(NC(=O)[C@H]3COc4ccccc4O3)n2)c1C. The fourth-order valence-corrected chi connectivity index (χ4v) is 4.13. The first-order valence-corrected chi connectivity index (χ1v) is 10.3. The number of ether oxygens (including phenoxy) is 2. The largest absolute Gasteiger partial charge is 0.485 e. The number of hydrogen-bond donors (Lipinski definition) is 1.